The SMILES string of the molecule is Cc1ccccc1/C=C/C(=O)NNC(=O)C12CC3CC(CC(C3)C1)C2. The van der Waals surface area contributed by atoms with Crippen LogP contribution in [0.2, 0.25) is 0 Å². The van der Waals surface area contributed by atoms with E-state index in [0.29, 0.717) is 17.8 Å². The van der Waals surface area contributed by atoms with Crippen LogP contribution in [0.5, 0.6) is 0 Å². The predicted molar refractivity (Wildman–Crippen MR) is 97.1 cm³/mol. The molecule has 1 aromatic rings. The summed E-state index contributed by atoms with van der Waals surface area (Å²) >= 11 is 0. The number of rotatable bonds is 3. The molecule has 0 saturated heterocycles. The summed E-state index contributed by atoms with van der Waals surface area (Å²) in [5, 5.41) is 0. The lowest BCUT2D eigenvalue weighted by Gasteiger charge is -2.55. The summed E-state index contributed by atoms with van der Waals surface area (Å²) in [5.74, 6) is 1.88. The lowest BCUT2D eigenvalue weighted by molar-refractivity contribution is -0.148. The van der Waals surface area contributed by atoms with Gasteiger partial charge >= 0.3 is 0 Å². The van der Waals surface area contributed by atoms with Crippen molar-refractivity contribution in [1.82, 2.24) is 10.9 Å². The second-order valence-electron chi connectivity index (χ2n) is 8.33. The molecule has 2 amide bonds. The minimum Gasteiger partial charge on any atom is -0.273 e. The van der Waals surface area contributed by atoms with Gasteiger partial charge in [-0.2, -0.15) is 0 Å². The normalized spacial score (nSPS) is 32.8. The van der Waals surface area contributed by atoms with Crippen molar-refractivity contribution in [2.45, 2.75) is 45.4 Å². The van der Waals surface area contributed by atoms with Crippen molar-refractivity contribution in [2.24, 2.45) is 23.2 Å². The van der Waals surface area contributed by atoms with Crippen LogP contribution in [0, 0.1) is 30.1 Å². The van der Waals surface area contributed by atoms with Crippen molar-refractivity contribution in [3.05, 3.63) is 41.5 Å². The van der Waals surface area contributed by atoms with Crippen molar-refractivity contribution in [1.29, 1.82) is 0 Å². The molecular formula is C21H26N2O2. The molecule has 0 aromatic heterocycles. The Hall–Kier alpha value is -2.10. The number of carbonyl (C=O) groups is 2. The maximum Gasteiger partial charge on any atom is 0.262 e. The first-order chi connectivity index (χ1) is 12.0. The molecule has 4 bridgehead atoms. The number of benzene rings is 1. The van der Waals surface area contributed by atoms with Crippen LogP contribution in [0.25, 0.3) is 6.08 Å². The van der Waals surface area contributed by atoms with Crippen LogP contribution in [0.4, 0.5) is 0 Å². The Morgan fingerprint density at radius 3 is 2.20 bits per heavy atom. The fraction of sp³-hybridized carbons (Fsp3) is 0.524. The summed E-state index contributed by atoms with van der Waals surface area (Å²) in [6.07, 6.45) is 10.2. The Balaban J connectivity index is 1.34. The van der Waals surface area contributed by atoms with Crippen molar-refractivity contribution in [2.75, 3.05) is 0 Å². The van der Waals surface area contributed by atoms with Gasteiger partial charge in [0.05, 0.1) is 5.41 Å². The Morgan fingerprint density at radius 1 is 1.00 bits per heavy atom. The van der Waals surface area contributed by atoms with E-state index >= 15 is 0 Å². The minimum atomic E-state index is -0.290. The highest BCUT2D eigenvalue weighted by Gasteiger charge is 2.54. The quantitative estimate of drug-likeness (QED) is 0.656. The van der Waals surface area contributed by atoms with Gasteiger partial charge in [0.15, 0.2) is 0 Å². The summed E-state index contributed by atoms with van der Waals surface area (Å²) in [4.78, 5) is 24.8. The Morgan fingerprint density at radius 2 is 1.60 bits per heavy atom. The molecule has 0 unspecified atom stereocenters. The van der Waals surface area contributed by atoms with E-state index in [4.69, 9.17) is 0 Å². The van der Waals surface area contributed by atoms with Crippen molar-refractivity contribution >= 4 is 17.9 Å². The van der Waals surface area contributed by atoms with E-state index in [2.05, 4.69) is 10.9 Å². The fourth-order valence-corrected chi connectivity index (χ4v) is 5.62. The predicted octanol–water partition coefficient (Wildman–Crippen LogP) is 3.37. The van der Waals surface area contributed by atoms with Crippen LogP contribution in [0.3, 0.4) is 0 Å². The topological polar surface area (TPSA) is 58.2 Å². The standard InChI is InChI=1S/C21H26N2O2/c1-14-4-2-3-5-18(14)6-7-19(24)22-23-20(25)21-11-15-8-16(12-21)10-17(9-15)13-21/h2-7,15-17H,8-13H2,1H3,(H,22,24)(H,23,25)/b7-6+. The van der Waals surface area contributed by atoms with Crippen LogP contribution in [-0.4, -0.2) is 11.8 Å². The molecule has 1 aromatic carbocycles. The zero-order valence-corrected chi connectivity index (χ0v) is 14.8. The van der Waals surface area contributed by atoms with Crippen LogP contribution < -0.4 is 10.9 Å². The number of nitrogens with one attached hydrogen (secondary N) is 2. The van der Waals surface area contributed by atoms with Crippen LogP contribution >= 0.6 is 0 Å². The van der Waals surface area contributed by atoms with Crippen LogP contribution in [-0.2, 0) is 9.59 Å². The lowest BCUT2D eigenvalue weighted by Crippen LogP contribution is -2.56. The monoisotopic (exact) mass is 338 g/mol. The van der Waals surface area contributed by atoms with E-state index in [1.54, 1.807) is 6.08 Å². The third-order valence-electron chi connectivity index (χ3n) is 6.42. The number of aryl methyl sites for hydroxylation is 1. The molecule has 0 atom stereocenters. The fourth-order valence-electron chi connectivity index (χ4n) is 5.62. The van der Waals surface area contributed by atoms with E-state index < -0.39 is 0 Å². The molecule has 4 aliphatic carbocycles. The first kappa shape index (κ1) is 16.4. The molecule has 0 radical (unpaired) electrons. The van der Waals surface area contributed by atoms with Gasteiger partial charge in [-0.15, -0.1) is 0 Å². The van der Waals surface area contributed by atoms with Crippen molar-refractivity contribution in [3.63, 3.8) is 0 Å². The maximum absolute atomic E-state index is 12.8. The van der Waals surface area contributed by atoms with Gasteiger partial charge in [-0.25, -0.2) is 0 Å². The Kier molecular flexibility index (Phi) is 4.14. The zero-order valence-electron chi connectivity index (χ0n) is 14.8. The molecule has 4 fully saturated rings. The maximum atomic E-state index is 12.8. The first-order valence-electron chi connectivity index (χ1n) is 9.38. The van der Waals surface area contributed by atoms with E-state index in [1.807, 2.05) is 31.2 Å². The summed E-state index contributed by atoms with van der Waals surface area (Å²) in [6.45, 7) is 2.01. The van der Waals surface area contributed by atoms with Crippen LogP contribution in [0.15, 0.2) is 30.3 Å². The molecule has 4 saturated carbocycles. The second kappa shape index (κ2) is 6.32. The lowest BCUT2D eigenvalue weighted by atomic mass is 9.49. The highest BCUT2D eigenvalue weighted by molar-refractivity contribution is 5.94. The Bertz CT molecular complexity index is 687. The molecule has 4 nitrogen and oxygen atoms in total. The van der Waals surface area contributed by atoms with E-state index in [-0.39, 0.29) is 17.2 Å². The minimum absolute atomic E-state index is 0.0178. The average molecular weight is 338 g/mol. The van der Waals surface area contributed by atoms with Gasteiger partial charge in [-0.1, -0.05) is 24.3 Å². The number of hydrazine groups is 1. The Labute approximate surface area is 149 Å². The van der Waals surface area contributed by atoms with Crippen molar-refractivity contribution in [3.8, 4) is 0 Å². The van der Waals surface area contributed by atoms with E-state index in [0.717, 1.165) is 30.4 Å². The summed E-state index contributed by atoms with van der Waals surface area (Å²) < 4.78 is 0. The van der Waals surface area contributed by atoms with E-state index in [1.165, 1.54) is 25.3 Å². The second-order valence-corrected chi connectivity index (χ2v) is 8.33. The molecule has 4 heteroatoms. The molecule has 0 heterocycles. The molecule has 4 aliphatic rings. The number of hydrogen-bond acceptors (Lipinski definition) is 2. The third kappa shape index (κ3) is 3.22. The van der Waals surface area contributed by atoms with Crippen LogP contribution in [0.1, 0.15) is 49.7 Å². The van der Waals surface area contributed by atoms with Gasteiger partial charge in [0.1, 0.15) is 0 Å². The first-order valence-corrected chi connectivity index (χ1v) is 9.38. The summed E-state index contributed by atoms with van der Waals surface area (Å²) in [5.41, 5.74) is 7.16. The molecule has 132 valence electrons. The van der Waals surface area contributed by atoms with Gasteiger partial charge < -0.3 is 0 Å². The molecule has 0 aliphatic heterocycles. The molecule has 2 N–H and O–H groups in total. The third-order valence-corrected chi connectivity index (χ3v) is 6.42. The largest absolute Gasteiger partial charge is 0.273 e. The summed E-state index contributed by atoms with van der Waals surface area (Å²) in [7, 11) is 0. The smallest absolute Gasteiger partial charge is 0.262 e. The highest BCUT2D eigenvalue weighted by Crippen LogP contribution is 2.59. The number of carbonyl (C=O) groups excluding carboxylic acids is 2. The molecule has 5 rings (SSSR count). The van der Waals surface area contributed by atoms with Gasteiger partial charge in [-0.05, 0) is 80.4 Å². The summed E-state index contributed by atoms with van der Waals surface area (Å²) in [6, 6.07) is 7.89. The van der Waals surface area contributed by atoms with Crippen molar-refractivity contribution < 1.29 is 9.59 Å². The molecular weight excluding hydrogens is 312 g/mol. The molecule has 25 heavy (non-hydrogen) atoms. The zero-order chi connectivity index (χ0) is 17.4. The number of hydrogen-bond donors (Lipinski definition) is 2. The van der Waals surface area contributed by atoms with Gasteiger partial charge in [0.2, 0.25) is 5.91 Å². The van der Waals surface area contributed by atoms with Gasteiger partial charge in [0, 0.05) is 6.08 Å². The van der Waals surface area contributed by atoms with Gasteiger partial charge in [-0.3, -0.25) is 20.4 Å². The van der Waals surface area contributed by atoms with Gasteiger partial charge in [0.25, 0.3) is 5.91 Å². The molecule has 0 spiro atoms. The van der Waals surface area contributed by atoms with E-state index in [9.17, 15) is 9.59 Å². The highest BCUT2D eigenvalue weighted by atomic mass is 16.2. The average Bonchev–Trinajstić information content (AvgIpc) is 2.57. The number of amides is 2.